The molecule has 84 valence electrons. The van der Waals surface area contributed by atoms with E-state index in [0.717, 1.165) is 5.56 Å². The molecule has 0 amide bonds. The Hall–Kier alpha value is -0.280. The van der Waals surface area contributed by atoms with E-state index in [2.05, 4.69) is 0 Å². The summed E-state index contributed by atoms with van der Waals surface area (Å²) in [4.78, 5) is 1.95. The molecule has 0 aromatic heterocycles. The highest BCUT2D eigenvalue weighted by molar-refractivity contribution is 6.42. The maximum Gasteiger partial charge on any atom is 0.0707 e. The number of halogens is 2. The molecule has 0 fully saturated rings. The van der Waals surface area contributed by atoms with Crippen LogP contribution in [0.2, 0.25) is 10.0 Å². The second-order valence-corrected chi connectivity index (χ2v) is 4.68. The molecule has 0 aliphatic carbocycles. The van der Waals surface area contributed by atoms with Crippen LogP contribution in [0, 0.1) is 0 Å². The Morgan fingerprint density at radius 1 is 1.27 bits per heavy atom. The zero-order valence-corrected chi connectivity index (χ0v) is 10.4. The number of aliphatic hydroxyl groups excluding tert-OH is 1. The van der Waals surface area contributed by atoms with Gasteiger partial charge in [0.05, 0.1) is 16.1 Å². The molecule has 1 atom stereocenters. The first-order valence-corrected chi connectivity index (χ1v) is 5.51. The van der Waals surface area contributed by atoms with Crippen LogP contribution in [0.25, 0.3) is 0 Å². The third-order valence-electron chi connectivity index (χ3n) is 2.03. The van der Waals surface area contributed by atoms with Gasteiger partial charge in [0.15, 0.2) is 0 Å². The molecule has 0 radical (unpaired) electrons. The Kier molecular flexibility index (Phi) is 4.87. The average Bonchev–Trinajstić information content (AvgIpc) is 2.10. The normalized spacial score (nSPS) is 13.2. The summed E-state index contributed by atoms with van der Waals surface area (Å²) < 4.78 is 0. The minimum absolute atomic E-state index is 0.378. The topological polar surface area (TPSA) is 23.5 Å². The van der Waals surface area contributed by atoms with E-state index in [4.69, 9.17) is 23.2 Å². The Balaban J connectivity index is 2.60. The van der Waals surface area contributed by atoms with E-state index < -0.39 is 0 Å². The molecular formula is C11H15Cl2NO. The smallest absolute Gasteiger partial charge is 0.0707 e. The lowest BCUT2D eigenvalue weighted by Gasteiger charge is -2.16. The SMILES string of the molecule is CN(C)CC(O)Cc1ccc(Cl)c(Cl)c1. The lowest BCUT2D eigenvalue weighted by molar-refractivity contribution is 0.137. The van der Waals surface area contributed by atoms with Gasteiger partial charge in [0.2, 0.25) is 0 Å². The molecule has 1 N–H and O–H groups in total. The first kappa shape index (κ1) is 12.8. The van der Waals surface area contributed by atoms with E-state index >= 15 is 0 Å². The molecule has 0 saturated heterocycles. The van der Waals surface area contributed by atoms with Crippen LogP contribution in [0.15, 0.2) is 18.2 Å². The highest BCUT2D eigenvalue weighted by Gasteiger charge is 2.08. The van der Waals surface area contributed by atoms with Crippen molar-refractivity contribution in [2.75, 3.05) is 20.6 Å². The van der Waals surface area contributed by atoms with Crippen molar-refractivity contribution >= 4 is 23.2 Å². The van der Waals surface area contributed by atoms with Crippen LogP contribution in [-0.2, 0) is 6.42 Å². The van der Waals surface area contributed by atoms with Crippen molar-refractivity contribution < 1.29 is 5.11 Å². The fraction of sp³-hybridized carbons (Fsp3) is 0.455. The first-order chi connectivity index (χ1) is 6.99. The molecule has 1 aromatic rings. The van der Waals surface area contributed by atoms with E-state index in [0.29, 0.717) is 23.0 Å². The summed E-state index contributed by atoms with van der Waals surface area (Å²) in [5, 5.41) is 10.8. The van der Waals surface area contributed by atoms with Gasteiger partial charge in [-0.1, -0.05) is 29.3 Å². The van der Waals surface area contributed by atoms with Gasteiger partial charge in [0.1, 0.15) is 0 Å². The lowest BCUT2D eigenvalue weighted by atomic mass is 10.1. The molecule has 1 aromatic carbocycles. The maximum absolute atomic E-state index is 9.72. The van der Waals surface area contributed by atoms with Crippen molar-refractivity contribution in [1.82, 2.24) is 4.90 Å². The summed E-state index contributed by atoms with van der Waals surface area (Å²) in [5.74, 6) is 0. The molecule has 2 nitrogen and oxygen atoms in total. The van der Waals surface area contributed by atoms with Crippen molar-refractivity contribution in [3.63, 3.8) is 0 Å². The molecule has 1 unspecified atom stereocenters. The monoisotopic (exact) mass is 247 g/mol. The predicted molar refractivity (Wildman–Crippen MR) is 64.7 cm³/mol. The minimum atomic E-state index is -0.378. The van der Waals surface area contributed by atoms with Crippen LogP contribution in [0.5, 0.6) is 0 Å². The van der Waals surface area contributed by atoms with Gasteiger partial charge in [-0.05, 0) is 38.2 Å². The van der Waals surface area contributed by atoms with E-state index in [9.17, 15) is 5.11 Å². The van der Waals surface area contributed by atoms with Crippen molar-refractivity contribution in [3.8, 4) is 0 Å². The Bertz CT molecular complexity index is 328. The van der Waals surface area contributed by atoms with Gasteiger partial charge in [-0.3, -0.25) is 0 Å². The van der Waals surface area contributed by atoms with Crippen molar-refractivity contribution in [2.45, 2.75) is 12.5 Å². The number of nitrogens with zero attached hydrogens (tertiary/aromatic N) is 1. The zero-order chi connectivity index (χ0) is 11.4. The van der Waals surface area contributed by atoms with Crippen LogP contribution in [0.3, 0.4) is 0 Å². The molecule has 0 aliphatic heterocycles. The van der Waals surface area contributed by atoms with Crippen molar-refractivity contribution in [2.24, 2.45) is 0 Å². The van der Waals surface area contributed by atoms with Crippen LogP contribution in [0.1, 0.15) is 5.56 Å². The molecule has 4 heteroatoms. The number of likely N-dealkylation sites (N-methyl/N-ethyl adjacent to an activating group) is 1. The lowest BCUT2D eigenvalue weighted by Crippen LogP contribution is -2.27. The number of rotatable bonds is 4. The summed E-state index contributed by atoms with van der Waals surface area (Å²) in [6, 6.07) is 5.43. The van der Waals surface area contributed by atoms with Gasteiger partial charge in [-0.15, -0.1) is 0 Å². The van der Waals surface area contributed by atoms with Gasteiger partial charge >= 0.3 is 0 Å². The summed E-state index contributed by atoms with van der Waals surface area (Å²) in [5.41, 5.74) is 0.999. The molecule has 0 heterocycles. The van der Waals surface area contributed by atoms with E-state index in [1.54, 1.807) is 12.1 Å². The number of benzene rings is 1. The standard InChI is InChI=1S/C11H15Cl2NO/c1-14(2)7-9(15)5-8-3-4-10(12)11(13)6-8/h3-4,6,9,15H,5,7H2,1-2H3. The Labute approximate surface area is 100 Å². The molecule has 0 saturated carbocycles. The summed E-state index contributed by atoms with van der Waals surface area (Å²) in [7, 11) is 3.86. The van der Waals surface area contributed by atoms with Crippen LogP contribution < -0.4 is 0 Å². The first-order valence-electron chi connectivity index (χ1n) is 4.75. The van der Waals surface area contributed by atoms with Gasteiger partial charge < -0.3 is 10.0 Å². The second-order valence-electron chi connectivity index (χ2n) is 3.87. The zero-order valence-electron chi connectivity index (χ0n) is 8.87. The Morgan fingerprint density at radius 2 is 1.93 bits per heavy atom. The minimum Gasteiger partial charge on any atom is -0.391 e. The molecule has 0 bridgehead atoms. The highest BCUT2D eigenvalue weighted by atomic mass is 35.5. The molecule has 1 rings (SSSR count). The fourth-order valence-corrected chi connectivity index (χ4v) is 1.75. The third kappa shape index (κ3) is 4.39. The van der Waals surface area contributed by atoms with Crippen LogP contribution in [0.4, 0.5) is 0 Å². The Morgan fingerprint density at radius 3 is 2.47 bits per heavy atom. The summed E-state index contributed by atoms with van der Waals surface area (Å²) >= 11 is 11.7. The number of hydrogen-bond donors (Lipinski definition) is 1. The summed E-state index contributed by atoms with van der Waals surface area (Å²) in [6.45, 7) is 0.639. The van der Waals surface area contributed by atoms with Crippen molar-refractivity contribution in [1.29, 1.82) is 0 Å². The number of aliphatic hydroxyl groups is 1. The van der Waals surface area contributed by atoms with Crippen LogP contribution in [-0.4, -0.2) is 36.8 Å². The summed E-state index contributed by atoms with van der Waals surface area (Å²) in [6.07, 6.45) is 0.215. The van der Waals surface area contributed by atoms with Crippen molar-refractivity contribution in [3.05, 3.63) is 33.8 Å². The van der Waals surface area contributed by atoms with E-state index in [-0.39, 0.29) is 6.10 Å². The highest BCUT2D eigenvalue weighted by Crippen LogP contribution is 2.23. The predicted octanol–water partition coefficient (Wildman–Crippen LogP) is 2.46. The molecule has 0 aliphatic rings. The molecular weight excluding hydrogens is 233 g/mol. The van der Waals surface area contributed by atoms with Gasteiger partial charge in [0, 0.05) is 6.54 Å². The quantitative estimate of drug-likeness (QED) is 0.884. The van der Waals surface area contributed by atoms with Crippen LogP contribution >= 0.6 is 23.2 Å². The molecule has 15 heavy (non-hydrogen) atoms. The number of hydrogen-bond acceptors (Lipinski definition) is 2. The van der Waals surface area contributed by atoms with E-state index in [1.807, 2.05) is 25.1 Å². The third-order valence-corrected chi connectivity index (χ3v) is 2.77. The maximum atomic E-state index is 9.72. The largest absolute Gasteiger partial charge is 0.391 e. The fourth-order valence-electron chi connectivity index (χ4n) is 1.42. The average molecular weight is 248 g/mol. The second kappa shape index (κ2) is 5.71. The molecule has 0 spiro atoms. The van der Waals surface area contributed by atoms with Gasteiger partial charge in [-0.25, -0.2) is 0 Å². The van der Waals surface area contributed by atoms with E-state index in [1.165, 1.54) is 0 Å². The van der Waals surface area contributed by atoms with Gasteiger partial charge in [-0.2, -0.15) is 0 Å². The van der Waals surface area contributed by atoms with Gasteiger partial charge in [0.25, 0.3) is 0 Å².